The summed E-state index contributed by atoms with van der Waals surface area (Å²) in [6, 6.07) is 4.19. The van der Waals surface area contributed by atoms with Crippen molar-refractivity contribution in [2.24, 2.45) is 5.73 Å². The van der Waals surface area contributed by atoms with Gasteiger partial charge in [-0.2, -0.15) is 4.98 Å². The van der Waals surface area contributed by atoms with Crippen molar-refractivity contribution in [3.8, 4) is 11.5 Å². The Hall–Kier alpha value is -1.95. The first-order valence-electron chi connectivity index (χ1n) is 7.56. The molecule has 3 rings (SSSR count). The van der Waals surface area contributed by atoms with Crippen molar-refractivity contribution >= 4 is 5.82 Å². The molecule has 3 heterocycles. The summed E-state index contributed by atoms with van der Waals surface area (Å²) < 4.78 is 5.40. The van der Waals surface area contributed by atoms with Crippen LogP contribution in [0.4, 0.5) is 5.82 Å². The minimum Gasteiger partial charge on any atom is -0.356 e. The summed E-state index contributed by atoms with van der Waals surface area (Å²) in [4.78, 5) is 11.2. The van der Waals surface area contributed by atoms with Gasteiger partial charge in [-0.3, -0.25) is 0 Å². The molecular weight excluding hydrogens is 266 g/mol. The lowest BCUT2D eigenvalue weighted by Crippen LogP contribution is -2.40. The molecule has 6 nitrogen and oxygen atoms in total. The lowest BCUT2D eigenvalue weighted by Gasteiger charge is -2.31. The Morgan fingerprint density at radius 3 is 2.95 bits per heavy atom. The molecule has 0 amide bonds. The number of pyridine rings is 1. The third kappa shape index (κ3) is 3.05. The van der Waals surface area contributed by atoms with Crippen LogP contribution in [0.25, 0.3) is 11.5 Å². The van der Waals surface area contributed by atoms with Crippen molar-refractivity contribution in [2.75, 3.05) is 18.0 Å². The third-order valence-electron chi connectivity index (χ3n) is 3.80. The zero-order valence-electron chi connectivity index (χ0n) is 12.3. The van der Waals surface area contributed by atoms with Crippen LogP contribution in [-0.4, -0.2) is 34.3 Å². The van der Waals surface area contributed by atoms with Crippen LogP contribution >= 0.6 is 0 Å². The first kappa shape index (κ1) is 14.0. The summed E-state index contributed by atoms with van der Waals surface area (Å²) in [6.07, 6.45) is 5.61. The van der Waals surface area contributed by atoms with Crippen LogP contribution in [0, 0.1) is 0 Å². The molecule has 0 atom stereocenters. The average Bonchev–Trinajstić information content (AvgIpc) is 2.97. The van der Waals surface area contributed by atoms with Gasteiger partial charge in [-0.25, -0.2) is 4.98 Å². The highest BCUT2D eigenvalue weighted by Crippen LogP contribution is 2.29. The molecule has 1 fully saturated rings. The number of aromatic nitrogens is 3. The number of hydrogen-bond acceptors (Lipinski definition) is 6. The maximum Gasteiger partial charge on any atom is 0.261 e. The van der Waals surface area contributed by atoms with E-state index in [4.69, 9.17) is 10.3 Å². The zero-order valence-corrected chi connectivity index (χ0v) is 12.3. The molecule has 0 aliphatic carbocycles. The molecule has 2 aromatic rings. The van der Waals surface area contributed by atoms with Crippen molar-refractivity contribution in [1.29, 1.82) is 0 Å². The van der Waals surface area contributed by atoms with Crippen LogP contribution in [0.3, 0.4) is 0 Å². The maximum absolute atomic E-state index is 5.97. The van der Waals surface area contributed by atoms with Crippen molar-refractivity contribution < 1.29 is 4.52 Å². The molecule has 0 radical (unpaired) electrons. The molecule has 1 saturated heterocycles. The Balaban J connectivity index is 1.88. The molecule has 21 heavy (non-hydrogen) atoms. The molecule has 2 aromatic heterocycles. The van der Waals surface area contributed by atoms with E-state index in [0.717, 1.165) is 56.0 Å². The van der Waals surface area contributed by atoms with Crippen LogP contribution in [0.5, 0.6) is 0 Å². The highest BCUT2D eigenvalue weighted by atomic mass is 16.5. The van der Waals surface area contributed by atoms with Crippen molar-refractivity contribution in [3.63, 3.8) is 0 Å². The predicted molar refractivity (Wildman–Crippen MR) is 80.9 cm³/mol. The fourth-order valence-corrected chi connectivity index (χ4v) is 2.62. The normalized spacial score (nSPS) is 16.4. The van der Waals surface area contributed by atoms with E-state index in [2.05, 4.69) is 26.9 Å². The standard InChI is InChI=1S/C15H21N5O/c1-2-4-13-18-15(21-19-13)12-5-3-8-17-14(12)20-9-6-11(16)7-10-20/h3,5,8,11H,2,4,6-7,9-10,16H2,1H3. The quantitative estimate of drug-likeness (QED) is 0.926. The molecule has 112 valence electrons. The van der Waals surface area contributed by atoms with Gasteiger partial charge in [0.2, 0.25) is 0 Å². The molecule has 0 bridgehead atoms. The van der Waals surface area contributed by atoms with Gasteiger partial charge in [-0.1, -0.05) is 12.1 Å². The van der Waals surface area contributed by atoms with E-state index in [1.807, 2.05) is 12.1 Å². The van der Waals surface area contributed by atoms with Gasteiger partial charge < -0.3 is 15.2 Å². The SMILES string of the molecule is CCCc1noc(-c2cccnc2N2CCC(N)CC2)n1. The van der Waals surface area contributed by atoms with Gasteiger partial charge >= 0.3 is 0 Å². The molecule has 1 aliphatic rings. The molecule has 0 saturated carbocycles. The summed E-state index contributed by atoms with van der Waals surface area (Å²) in [5.41, 5.74) is 6.88. The van der Waals surface area contributed by atoms with E-state index in [0.29, 0.717) is 11.9 Å². The summed E-state index contributed by atoms with van der Waals surface area (Å²) >= 11 is 0. The van der Waals surface area contributed by atoms with Crippen LogP contribution in [-0.2, 0) is 6.42 Å². The summed E-state index contributed by atoms with van der Waals surface area (Å²) in [6.45, 7) is 3.94. The fraction of sp³-hybridized carbons (Fsp3) is 0.533. The Kier molecular flexibility index (Phi) is 4.15. The second-order valence-corrected chi connectivity index (χ2v) is 5.46. The molecule has 6 heteroatoms. The first-order chi connectivity index (χ1) is 10.3. The second kappa shape index (κ2) is 6.22. The van der Waals surface area contributed by atoms with E-state index in [1.165, 1.54) is 0 Å². The van der Waals surface area contributed by atoms with Gasteiger partial charge in [0.05, 0.1) is 5.56 Å². The number of nitrogens with two attached hydrogens (primary N) is 1. The maximum atomic E-state index is 5.97. The van der Waals surface area contributed by atoms with E-state index in [-0.39, 0.29) is 0 Å². The fourth-order valence-electron chi connectivity index (χ4n) is 2.62. The summed E-state index contributed by atoms with van der Waals surface area (Å²) in [5, 5.41) is 4.03. The minimum atomic E-state index is 0.299. The molecular formula is C15H21N5O. The smallest absolute Gasteiger partial charge is 0.261 e. The Morgan fingerprint density at radius 1 is 1.38 bits per heavy atom. The van der Waals surface area contributed by atoms with Gasteiger partial charge in [0.25, 0.3) is 5.89 Å². The monoisotopic (exact) mass is 287 g/mol. The Labute approximate surface area is 124 Å². The summed E-state index contributed by atoms with van der Waals surface area (Å²) in [7, 11) is 0. The van der Waals surface area contributed by atoms with Gasteiger partial charge in [0, 0.05) is 31.7 Å². The minimum absolute atomic E-state index is 0.299. The van der Waals surface area contributed by atoms with Crippen LogP contribution in [0.2, 0.25) is 0 Å². The van der Waals surface area contributed by atoms with Gasteiger partial charge in [-0.05, 0) is 31.4 Å². The molecule has 0 aromatic carbocycles. The number of aryl methyl sites for hydroxylation is 1. The number of piperidine rings is 1. The molecule has 0 unspecified atom stereocenters. The Bertz CT molecular complexity index is 589. The second-order valence-electron chi connectivity index (χ2n) is 5.46. The van der Waals surface area contributed by atoms with Gasteiger partial charge in [-0.15, -0.1) is 0 Å². The first-order valence-corrected chi connectivity index (χ1v) is 7.56. The van der Waals surface area contributed by atoms with E-state index in [9.17, 15) is 0 Å². The van der Waals surface area contributed by atoms with E-state index < -0.39 is 0 Å². The van der Waals surface area contributed by atoms with E-state index in [1.54, 1.807) is 6.20 Å². The van der Waals surface area contributed by atoms with Crippen LogP contribution in [0.15, 0.2) is 22.9 Å². The van der Waals surface area contributed by atoms with E-state index >= 15 is 0 Å². The van der Waals surface area contributed by atoms with Crippen LogP contribution < -0.4 is 10.6 Å². The molecule has 1 aliphatic heterocycles. The molecule has 2 N–H and O–H groups in total. The topological polar surface area (TPSA) is 81.1 Å². The number of rotatable bonds is 4. The summed E-state index contributed by atoms with van der Waals surface area (Å²) in [5.74, 6) is 2.22. The predicted octanol–water partition coefficient (Wildman–Crippen LogP) is 2.01. The van der Waals surface area contributed by atoms with Crippen LogP contribution in [0.1, 0.15) is 32.0 Å². The highest BCUT2D eigenvalue weighted by molar-refractivity contribution is 5.69. The average molecular weight is 287 g/mol. The van der Waals surface area contributed by atoms with Crippen molar-refractivity contribution in [3.05, 3.63) is 24.2 Å². The third-order valence-corrected chi connectivity index (χ3v) is 3.80. The zero-order chi connectivity index (χ0) is 14.7. The highest BCUT2D eigenvalue weighted by Gasteiger charge is 2.22. The van der Waals surface area contributed by atoms with Crippen molar-refractivity contribution in [1.82, 2.24) is 15.1 Å². The number of anilines is 1. The van der Waals surface area contributed by atoms with Gasteiger partial charge in [0.1, 0.15) is 5.82 Å². The Morgan fingerprint density at radius 2 is 2.19 bits per heavy atom. The van der Waals surface area contributed by atoms with Crippen molar-refractivity contribution in [2.45, 2.75) is 38.6 Å². The number of nitrogens with zero attached hydrogens (tertiary/aromatic N) is 4. The van der Waals surface area contributed by atoms with Gasteiger partial charge in [0.15, 0.2) is 5.82 Å². The lowest BCUT2D eigenvalue weighted by atomic mass is 10.1. The molecule has 0 spiro atoms. The number of hydrogen-bond donors (Lipinski definition) is 1. The lowest BCUT2D eigenvalue weighted by molar-refractivity contribution is 0.421. The largest absolute Gasteiger partial charge is 0.356 e.